The van der Waals surface area contributed by atoms with Gasteiger partial charge < -0.3 is 9.64 Å². The first-order valence-electron chi connectivity index (χ1n) is 8.94. The molecule has 10 heteroatoms. The normalized spacial score (nSPS) is 15.6. The molecule has 0 aromatic carbocycles. The maximum absolute atomic E-state index is 13.0. The molecule has 1 amide bonds. The summed E-state index contributed by atoms with van der Waals surface area (Å²) in [6, 6.07) is 3.53. The van der Waals surface area contributed by atoms with Gasteiger partial charge in [-0.2, -0.15) is 4.31 Å². The molecule has 2 aromatic rings. The largest absolute Gasteiger partial charge is 0.384 e. The Morgan fingerprint density at radius 3 is 2.46 bits per heavy atom. The van der Waals surface area contributed by atoms with E-state index < -0.39 is 10.0 Å². The number of ether oxygens (including phenoxy) is 1. The van der Waals surface area contributed by atoms with E-state index in [4.69, 9.17) is 4.74 Å². The maximum Gasteiger partial charge on any atom is 0.246 e. The van der Waals surface area contributed by atoms with Crippen molar-refractivity contribution >= 4 is 15.9 Å². The summed E-state index contributed by atoms with van der Waals surface area (Å²) < 4.78 is 32.3. The van der Waals surface area contributed by atoms with Crippen LogP contribution in [0.1, 0.15) is 12.1 Å². The molecule has 0 bridgehead atoms. The van der Waals surface area contributed by atoms with Gasteiger partial charge >= 0.3 is 0 Å². The highest BCUT2D eigenvalue weighted by molar-refractivity contribution is 7.89. The zero-order valence-electron chi connectivity index (χ0n) is 15.9. The number of nitrogens with zero attached hydrogens (tertiary/aromatic N) is 5. The number of carbonyl (C=O) groups excluding carboxylic acids is 1. The fraction of sp³-hybridized carbons (Fsp3) is 0.444. The number of hydrogen-bond donors (Lipinski definition) is 0. The second-order valence-corrected chi connectivity index (χ2v) is 8.31. The van der Waals surface area contributed by atoms with Crippen LogP contribution >= 0.6 is 0 Å². The first-order chi connectivity index (χ1) is 13.4. The van der Waals surface area contributed by atoms with Crippen molar-refractivity contribution in [3.63, 3.8) is 0 Å². The molecule has 28 heavy (non-hydrogen) atoms. The van der Waals surface area contributed by atoms with E-state index in [0.717, 1.165) is 5.56 Å². The molecule has 1 aliphatic rings. The van der Waals surface area contributed by atoms with E-state index in [1.165, 1.54) is 10.5 Å². The minimum Gasteiger partial charge on any atom is -0.384 e. The van der Waals surface area contributed by atoms with Crippen molar-refractivity contribution in [1.82, 2.24) is 24.2 Å². The van der Waals surface area contributed by atoms with Gasteiger partial charge in [-0.05, 0) is 19.1 Å². The fourth-order valence-electron chi connectivity index (χ4n) is 3.01. The van der Waals surface area contributed by atoms with E-state index in [1.807, 2.05) is 0 Å². The number of amides is 1. The lowest BCUT2D eigenvalue weighted by Gasteiger charge is -2.34. The Morgan fingerprint density at radius 2 is 1.86 bits per heavy atom. The van der Waals surface area contributed by atoms with Gasteiger partial charge in [-0.15, -0.1) is 0 Å². The van der Waals surface area contributed by atoms with Gasteiger partial charge in [-0.1, -0.05) is 0 Å². The summed E-state index contributed by atoms with van der Waals surface area (Å²) in [6.07, 6.45) is 4.91. The Labute approximate surface area is 164 Å². The number of pyridine rings is 1. The van der Waals surface area contributed by atoms with E-state index in [1.54, 1.807) is 43.5 Å². The molecule has 0 aliphatic carbocycles. The van der Waals surface area contributed by atoms with E-state index in [9.17, 15) is 13.2 Å². The molecule has 1 fully saturated rings. The number of aromatic nitrogens is 3. The summed E-state index contributed by atoms with van der Waals surface area (Å²) in [4.78, 5) is 26.4. The molecular weight excluding hydrogens is 382 g/mol. The van der Waals surface area contributed by atoms with Gasteiger partial charge in [-0.3, -0.25) is 9.78 Å². The number of carbonyl (C=O) groups is 1. The van der Waals surface area contributed by atoms with Crippen LogP contribution < -0.4 is 0 Å². The third kappa shape index (κ3) is 4.34. The van der Waals surface area contributed by atoms with Gasteiger partial charge in [0.2, 0.25) is 15.9 Å². The highest BCUT2D eigenvalue weighted by atomic mass is 32.2. The Morgan fingerprint density at radius 1 is 1.18 bits per heavy atom. The van der Waals surface area contributed by atoms with Crippen LogP contribution in [0.15, 0.2) is 35.6 Å². The highest BCUT2D eigenvalue weighted by Gasteiger charge is 2.31. The highest BCUT2D eigenvalue weighted by Crippen LogP contribution is 2.22. The molecule has 0 unspecified atom stereocenters. The minimum absolute atomic E-state index is 0.0277. The zero-order chi connectivity index (χ0) is 20.1. The van der Waals surface area contributed by atoms with Crippen LogP contribution in [0.2, 0.25) is 0 Å². The number of sulfonamides is 1. The molecule has 1 saturated heterocycles. The molecule has 0 saturated carbocycles. The van der Waals surface area contributed by atoms with Crippen molar-refractivity contribution in [3.05, 3.63) is 36.4 Å². The van der Waals surface area contributed by atoms with Crippen LogP contribution in [0.3, 0.4) is 0 Å². The van der Waals surface area contributed by atoms with Crippen LogP contribution in [-0.2, 0) is 19.6 Å². The predicted molar refractivity (Wildman–Crippen MR) is 102 cm³/mol. The standard InChI is InChI=1S/C18H23N5O4S/c1-14-16(13-20-18(21-14)15-3-6-19-7-4-15)28(25,26)23-10-8-22(9-11-23)17(24)5-12-27-2/h3-4,6-7,13H,5,8-12H2,1-2H3. The van der Waals surface area contributed by atoms with Crippen LogP contribution in [0.4, 0.5) is 0 Å². The van der Waals surface area contributed by atoms with Crippen LogP contribution in [0.25, 0.3) is 11.4 Å². The van der Waals surface area contributed by atoms with Crippen molar-refractivity contribution < 1.29 is 17.9 Å². The summed E-state index contributed by atoms with van der Waals surface area (Å²) in [5, 5.41) is 0. The number of methoxy groups -OCH3 is 1. The lowest BCUT2D eigenvalue weighted by atomic mass is 10.2. The molecule has 3 heterocycles. The van der Waals surface area contributed by atoms with E-state index in [0.29, 0.717) is 37.6 Å². The smallest absolute Gasteiger partial charge is 0.246 e. The van der Waals surface area contributed by atoms with Gasteiger partial charge in [0, 0.05) is 51.2 Å². The molecule has 0 spiro atoms. The third-order valence-corrected chi connectivity index (χ3v) is 6.60. The molecule has 3 rings (SSSR count). The molecular formula is C18H23N5O4S. The number of piperazine rings is 1. The van der Waals surface area contributed by atoms with Crippen molar-refractivity contribution in [2.45, 2.75) is 18.2 Å². The number of hydrogen-bond acceptors (Lipinski definition) is 7. The van der Waals surface area contributed by atoms with Gasteiger partial charge in [-0.25, -0.2) is 18.4 Å². The predicted octanol–water partition coefficient (Wildman–Crippen LogP) is 0.716. The van der Waals surface area contributed by atoms with Crippen molar-refractivity contribution in [1.29, 1.82) is 0 Å². The van der Waals surface area contributed by atoms with Gasteiger partial charge in [0.1, 0.15) is 4.90 Å². The second-order valence-electron chi connectivity index (χ2n) is 6.41. The average Bonchev–Trinajstić information content (AvgIpc) is 2.72. The summed E-state index contributed by atoms with van der Waals surface area (Å²) in [7, 11) is -2.18. The van der Waals surface area contributed by atoms with E-state index >= 15 is 0 Å². The second kappa shape index (κ2) is 8.72. The Balaban J connectivity index is 1.72. The summed E-state index contributed by atoms with van der Waals surface area (Å²) in [5.41, 5.74) is 1.16. The zero-order valence-corrected chi connectivity index (χ0v) is 16.7. The topological polar surface area (TPSA) is 106 Å². The Kier molecular flexibility index (Phi) is 6.32. The van der Waals surface area contributed by atoms with Crippen LogP contribution in [-0.4, -0.2) is 78.4 Å². The lowest BCUT2D eigenvalue weighted by Crippen LogP contribution is -2.50. The van der Waals surface area contributed by atoms with Crippen LogP contribution in [0, 0.1) is 6.92 Å². The maximum atomic E-state index is 13.0. The molecule has 9 nitrogen and oxygen atoms in total. The van der Waals surface area contributed by atoms with Crippen molar-refractivity contribution in [2.24, 2.45) is 0 Å². The van der Waals surface area contributed by atoms with Crippen molar-refractivity contribution in [2.75, 3.05) is 39.9 Å². The molecule has 150 valence electrons. The first kappa shape index (κ1) is 20.3. The molecule has 2 aromatic heterocycles. The van der Waals surface area contributed by atoms with Gasteiger partial charge in [0.15, 0.2) is 5.82 Å². The molecule has 0 radical (unpaired) electrons. The monoisotopic (exact) mass is 405 g/mol. The summed E-state index contributed by atoms with van der Waals surface area (Å²) >= 11 is 0. The number of aryl methyl sites for hydroxylation is 1. The Hall–Kier alpha value is -2.43. The average molecular weight is 405 g/mol. The Bertz CT molecular complexity index is 928. The molecule has 0 N–H and O–H groups in total. The van der Waals surface area contributed by atoms with Gasteiger partial charge in [0.25, 0.3) is 0 Å². The van der Waals surface area contributed by atoms with Crippen molar-refractivity contribution in [3.8, 4) is 11.4 Å². The SMILES string of the molecule is COCCC(=O)N1CCN(S(=O)(=O)c2cnc(-c3ccncc3)nc2C)CC1. The first-order valence-corrected chi connectivity index (χ1v) is 10.4. The number of rotatable bonds is 6. The summed E-state index contributed by atoms with van der Waals surface area (Å²) in [5.74, 6) is 0.424. The van der Waals surface area contributed by atoms with E-state index in [-0.39, 0.29) is 23.9 Å². The van der Waals surface area contributed by atoms with E-state index in [2.05, 4.69) is 15.0 Å². The van der Waals surface area contributed by atoms with Crippen LogP contribution in [0.5, 0.6) is 0 Å². The quantitative estimate of drug-likeness (QED) is 0.697. The molecule has 1 aliphatic heterocycles. The third-order valence-electron chi connectivity index (χ3n) is 4.60. The lowest BCUT2D eigenvalue weighted by molar-refractivity contribution is -0.133. The molecule has 0 atom stereocenters. The van der Waals surface area contributed by atoms with Gasteiger partial charge in [0.05, 0.1) is 24.9 Å². The minimum atomic E-state index is -3.72. The fourth-order valence-corrected chi connectivity index (χ4v) is 4.54. The summed E-state index contributed by atoms with van der Waals surface area (Å²) in [6.45, 7) is 3.22.